The molecule has 2 aromatic carbocycles. The summed E-state index contributed by atoms with van der Waals surface area (Å²) in [5.41, 5.74) is 3.35. The van der Waals surface area contributed by atoms with Gasteiger partial charge < -0.3 is 20.1 Å². The Bertz CT molecular complexity index is 760. The lowest BCUT2D eigenvalue weighted by Crippen LogP contribution is -2.28. The molecule has 26 heavy (non-hydrogen) atoms. The SMILES string of the molecule is CCOC(=O)c1ccc(C)c(NC(=S)NCc2ccc(OCC)cc2)c1. The molecule has 138 valence electrons. The van der Waals surface area contributed by atoms with Crippen molar-refractivity contribution in [2.45, 2.75) is 27.3 Å². The van der Waals surface area contributed by atoms with Crippen molar-refractivity contribution in [1.82, 2.24) is 5.32 Å². The molecule has 0 amide bonds. The quantitative estimate of drug-likeness (QED) is 0.565. The molecule has 2 N–H and O–H groups in total. The van der Waals surface area contributed by atoms with Gasteiger partial charge in [-0.3, -0.25) is 0 Å². The molecule has 0 saturated carbocycles. The molecular weight excluding hydrogens is 348 g/mol. The molecule has 0 saturated heterocycles. The maximum absolute atomic E-state index is 11.9. The molecule has 6 heteroatoms. The van der Waals surface area contributed by atoms with Crippen LogP contribution < -0.4 is 15.4 Å². The third-order valence-corrected chi connectivity index (χ3v) is 3.93. The molecule has 2 rings (SSSR count). The van der Waals surface area contributed by atoms with Gasteiger partial charge in [0.15, 0.2) is 5.11 Å². The second-order valence-electron chi connectivity index (χ2n) is 5.63. The minimum atomic E-state index is -0.344. The van der Waals surface area contributed by atoms with Crippen molar-refractivity contribution in [3.05, 3.63) is 59.2 Å². The second-order valence-corrected chi connectivity index (χ2v) is 6.04. The first-order chi connectivity index (χ1) is 12.5. The number of carbonyl (C=O) groups excluding carboxylic acids is 1. The van der Waals surface area contributed by atoms with E-state index in [0.29, 0.717) is 30.4 Å². The van der Waals surface area contributed by atoms with Gasteiger partial charge in [0, 0.05) is 12.2 Å². The number of thiocarbonyl (C=S) groups is 1. The standard InChI is InChI=1S/C20H24N2O3S/c1-4-24-17-10-7-15(8-11-17)13-21-20(26)22-18-12-16(9-6-14(18)3)19(23)25-5-2/h6-12H,4-5,13H2,1-3H3,(H2,21,22,26). The van der Waals surface area contributed by atoms with E-state index in [1.54, 1.807) is 19.1 Å². The first-order valence-electron chi connectivity index (χ1n) is 8.57. The van der Waals surface area contributed by atoms with E-state index in [1.807, 2.05) is 44.2 Å². The highest BCUT2D eigenvalue weighted by Crippen LogP contribution is 2.18. The van der Waals surface area contributed by atoms with Gasteiger partial charge in [-0.25, -0.2) is 4.79 Å². The minimum Gasteiger partial charge on any atom is -0.494 e. The molecule has 0 bridgehead atoms. The highest BCUT2D eigenvalue weighted by Gasteiger charge is 2.09. The van der Waals surface area contributed by atoms with E-state index < -0.39 is 0 Å². The van der Waals surface area contributed by atoms with E-state index in [4.69, 9.17) is 21.7 Å². The van der Waals surface area contributed by atoms with Crippen molar-refractivity contribution in [1.29, 1.82) is 0 Å². The van der Waals surface area contributed by atoms with E-state index in [0.717, 1.165) is 22.6 Å². The number of benzene rings is 2. The number of nitrogens with one attached hydrogen (secondary N) is 2. The fourth-order valence-electron chi connectivity index (χ4n) is 2.32. The molecule has 0 aliphatic rings. The summed E-state index contributed by atoms with van der Waals surface area (Å²) in [5.74, 6) is 0.507. The van der Waals surface area contributed by atoms with E-state index in [2.05, 4.69) is 10.6 Å². The van der Waals surface area contributed by atoms with Crippen LogP contribution in [0.25, 0.3) is 0 Å². The van der Waals surface area contributed by atoms with Gasteiger partial charge >= 0.3 is 5.97 Å². The molecule has 0 spiro atoms. The van der Waals surface area contributed by atoms with E-state index in [-0.39, 0.29) is 5.97 Å². The van der Waals surface area contributed by atoms with E-state index in [1.165, 1.54) is 0 Å². The van der Waals surface area contributed by atoms with Gasteiger partial charge in [0.25, 0.3) is 0 Å². The number of ether oxygens (including phenoxy) is 2. The Hall–Kier alpha value is -2.60. The van der Waals surface area contributed by atoms with Gasteiger partial charge in [0.05, 0.1) is 18.8 Å². The fraction of sp³-hybridized carbons (Fsp3) is 0.300. The van der Waals surface area contributed by atoms with Crippen LogP contribution in [0.1, 0.15) is 35.3 Å². The van der Waals surface area contributed by atoms with Crippen LogP contribution in [0.15, 0.2) is 42.5 Å². The van der Waals surface area contributed by atoms with Crippen molar-refractivity contribution in [2.75, 3.05) is 18.5 Å². The molecule has 5 nitrogen and oxygen atoms in total. The molecular formula is C20H24N2O3S. The monoisotopic (exact) mass is 372 g/mol. The normalized spacial score (nSPS) is 10.1. The van der Waals surface area contributed by atoms with Crippen molar-refractivity contribution in [3.63, 3.8) is 0 Å². The van der Waals surface area contributed by atoms with Gasteiger partial charge in [-0.2, -0.15) is 0 Å². The first kappa shape index (κ1) is 19.7. The van der Waals surface area contributed by atoms with Crippen molar-refractivity contribution in [2.24, 2.45) is 0 Å². The predicted octanol–water partition coefficient (Wildman–Crippen LogP) is 4.06. The van der Waals surface area contributed by atoms with E-state index >= 15 is 0 Å². The third-order valence-electron chi connectivity index (χ3n) is 3.68. The number of aryl methyl sites for hydroxylation is 1. The average molecular weight is 372 g/mol. The highest BCUT2D eigenvalue weighted by molar-refractivity contribution is 7.80. The van der Waals surface area contributed by atoms with Gasteiger partial charge in [-0.05, 0) is 68.4 Å². The van der Waals surface area contributed by atoms with Gasteiger partial charge in [-0.15, -0.1) is 0 Å². The molecule has 0 aliphatic heterocycles. The number of rotatable bonds is 7. The average Bonchev–Trinajstić information content (AvgIpc) is 2.63. The van der Waals surface area contributed by atoms with Gasteiger partial charge in [0.2, 0.25) is 0 Å². The Morgan fingerprint density at radius 1 is 1.08 bits per heavy atom. The molecule has 0 radical (unpaired) electrons. The summed E-state index contributed by atoms with van der Waals surface area (Å²) in [6, 6.07) is 13.2. The Labute approximate surface area is 159 Å². The summed E-state index contributed by atoms with van der Waals surface area (Å²) >= 11 is 5.36. The van der Waals surface area contributed by atoms with Crippen LogP contribution in [-0.2, 0) is 11.3 Å². The topological polar surface area (TPSA) is 59.6 Å². The Balaban J connectivity index is 1.94. The predicted molar refractivity (Wildman–Crippen MR) is 108 cm³/mol. The van der Waals surface area contributed by atoms with Crippen LogP contribution in [0.3, 0.4) is 0 Å². The summed E-state index contributed by atoms with van der Waals surface area (Å²) in [5, 5.41) is 6.79. The van der Waals surface area contributed by atoms with Crippen LogP contribution in [0, 0.1) is 6.92 Å². The maximum atomic E-state index is 11.9. The molecule has 0 atom stereocenters. The lowest BCUT2D eigenvalue weighted by molar-refractivity contribution is 0.0526. The smallest absolute Gasteiger partial charge is 0.338 e. The zero-order chi connectivity index (χ0) is 18.9. The van der Waals surface area contributed by atoms with Crippen molar-refractivity contribution in [3.8, 4) is 5.75 Å². The largest absolute Gasteiger partial charge is 0.494 e. The Morgan fingerprint density at radius 2 is 1.81 bits per heavy atom. The summed E-state index contributed by atoms with van der Waals surface area (Å²) in [6.07, 6.45) is 0. The number of esters is 1. The second kappa shape index (κ2) is 9.77. The molecule has 0 aromatic heterocycles. The number of anilines is 1. The number of carbonyl (C=O) groups is 1. The van der Waals surface area contributed by atoms with Crippen LogP contribution in [0.4, 0.5) is 5.69 Å². The van der Waals surface area contributed by atoms with Crippen LogP contribution in [0.2, 0.25) is 0 Å². The Morgan fingerprint density at radius 3 is 2.46 bits per heavy atom. The van der Waals surface area contributed by atoms with Crippen molar-refractivity contribution >= 4 is 29.0 Å². The zero-order valence-electron chi connectivity index (χ0n) is 15.3. The van der Waals surface area contributed by atoms with Crippen molar-refractivity contribution < 1.29 is 14.3 Å². The van der Waals surface area contributed by atoms with E-state index in [9.17, 15) is 4.79 Å². The molecule has 0 aliphatic carbocycles. The fourth-order valence-corrected chi connectivity index (χ4v) is 2.50. The zero-order valence-corrected chi connectivity index (χ0v) is 16.1. The summed E-state index contributed by atoms with van der Waals surface area (Å²) in [7, 11) is 0. The van der Waals surface area contributed by atoms with Crippen LogP contribution in [0.5, 0.6) is 5.75 Å². The Kier molecular flexibility index (Phi) is 7.41. The summed E-state index contributed by atoms with van der Waals surface area (Å²) < 4.78 is 10.5. The van der Waals surface area contributed by atoms with Crippen LogP contribution >= 0.6 is 12.2 Å². The lowest BCUT2D eigenvalue weighted by atomic mass is 10.1. The van der Waals surface area contributed by atoms with Crippen LogP contribution in [-0.4, -0.2) is 24.3 Å². The van der Waals surface area contributed by atoms with Gasteiger partial charge in [-0.1, -0.05) is 18.2 Å². The lowest BCUT2D eigenvalue weighted by Gasteiger charge is -2.14. The minimum absolute atomic E-state index is 0.344. The van der Waals surface area contributed by atoms with Gasteiger partial charge in [0.1, 0.15) is 5.75 Å². The first-order valence-corrected chi connectivity index (χ1v) is 8.98. The number of hydrogen-bond donors (Lipinski definition) is 2. The number of hydrogen-bond acceptors (Lipinski definition) is 4. The molecule has 0 fully saturated rings. The summed E-state index contributed by atoms with van der Waals surface area (Å²) in [4.78, 5) is 11.9. The maximum Gasteiger partial charge on any atom is 0.338 e. The highest BCUT2D eigenvalue weighted by atomic mass is 32.1. The molecule has 2 aromatic rings. The molecule has 0 unspecified atom stereocenters. The summed E-state index contributed by atoms with van der Waals surface area (Å²) in [6.45, 7) is 7.28. The molecule has 0 heterocycles. The third kappa shape index (κ3) is 5.74.